The standard InChI is InChI=1S/C24H31N3O4.C22H27N3O4.C21H26BrN3O4.C21H27N3O4.C12H10BrNO2.C7H4BrNO3/c1-5-30-22(28)18-14-17-8-9-19(20(16-6-7-16)21(17)25-15-18)26-10-12-27(13-11-26)23(29)31-24(2,3)4;1-22(2,3)29-21(28)25-10-8-24(9-11-25)17-7-6-15-12-16(20(26)27)13-23-19(15)18(17)14-4-5-14;1-5-28-19(26)15-12-14-6-7-16(17(22)18(14)23-13-15)24-8-10-25(11-9-24)20(27)29-21(2,3)4;1-5-27-19(25)16-12-15-6-7-17(13-18(15)22-14-16)23-8-10-24(11-9-23)20(26)28-21(2,3)4;1-2-16-12(15)9-5-8-3-4-10(13)6-11(8)14-7-9;8-6-2-1-5(4-10)7(3-6)9(11)12/h8-9,14-16H,5-7,10-13H2,1-4H3;6-7,12-14H,4-5,8-11H2,1-3H3,(H,26,27);6-7,12-13H,5,8-11H2,1-4H3;6-7,12-14H,5,8-11H2,1-4H3;3-7H,2H2,1H3;1-4H. The van der Waals surface area contributed by atoms with Gasteiger partial charge in [0.2, 0.25) is 0 Å². The molecule has 0 radical (unpaired) electrons. The molecular weight excluding hydrogens is 2060 g/mol. The SMILES string of the molecule is CC(C)(C)OC(=O)N1CCN(c2ccc3cc(C(=O)O)cnc3c2C2CC2)CC1.CCOC(=O)c1cnc2c(Br)c(N3CCN(C(=O)OC(C)(C)C)CC3)ccc2c1.CCOC(=O)c1cnc2c(C3CC3)c(N3CCN(C(=O)OC(C)(C)C)CC3)ccc2c1.CCOC(=O)c1cnc2cc(Br)ccc2c1.CCOC(=O)c1cnc2cc(N3CCN(C(=O)OC(C)(C)C)CC3)ccc2c1.O=Cc1ccc(Br)cc1[N+](=O)[O-]. The van der Waals surface area contributed by atoms with Gasteiger partial charge in [-0.1, -0.05) is 62.2 Å². The van der Waals surface area contributed by atoms with Gasteiger partial charge in [0.05, 0.1) is 102 Å². The number of aromatic carboxylic acids is 1. The predicted octanol–water partition coefficient (Wildman–Crippen LogP) is 21.3. The number of hydrogen-bond acceptors (Lipinski definition) is 29. The third kappa shape index (κ3) is 30.6. The smallest absolute Gasteiger partial charge is 0.410 e. The van der Waals surface area contributed by atoms with Crippen molar-refractivity contribution in [3.63, 3.8) is 0 Å². The summed E-state index contributed by atoms with van der Waals surface area (Å²) in [6.07, 6.45) is 11.7. The lowest BCUT2D eigenvalue weighted by Crippen LogP contribution is -2.50. The molecule has 38 heteroatoms. The van der Waals surface area contributed by atoms with Gasteiger partial charge in [0.25, 0.3) is 5.69 Å². The molecule has 6 aliphatic rings. The van der Waals surface area contributed by atoms with Gasteiger partial charge in [-0.2, -0.15) is 0 Å². The number of halogens is 3. The van der Waals surface area contributed by atoms with Crippen LogP contribution in [0.15, 0.2) is 166 Å². The zero-order chi connectivity index (χ0) is 105. The van der Waals surface area contributed by atoms with Crippen LogP contribution in [-0.4, -0.2) is 269 Å². The zero-order valence-corrected chi connectivity index (χ0v) is 89.4. The van der Waals surface area contributed by atoms with E-state index in [1.165, 1.54) is 47.5 Å². The number of fused-ring (bicyclic) bond motifs is 5. The molecule has 11 aromatic rings. The van der Waals surface area contributed by atoms with Gasteiger partial charge in [0.1, 0.15) is 22.4 Å². The fraction of sp³-hybridized carbons (Fsp3) is 0.430. The minimum Gasteiger partial charge on any atom is -0.478 e. The zero-order valence-electron chi connectivity index (χ0n) is 84.6. The topological polar surface area (TPSA) is 398 Å². The van der Waals surface area contributed by atoms with Crippen LogP contribution in [0.3, 0.4) is 0 Å². The molecule has 5 aromatic heterocycles. The number of carbonyl (C=O) groups excluding carboxylic acids is 9. The van der Waals surface area contributed by atoms with E-state index in [-0.39, 0.29) is 65.1 Å². The summed E-state index contributed by atoms with van der Waals surface area (Å²) < 4.78 is 44.4. The van der Waals surface area contributed by atoms with E-state index in [0.29, 0.717) is 137 Å². The molecule has 2 aliphatic carbocycles. The van der Waals surface area contributed by atoms with Gasteiger partial charge < -0.3 is 82.2 Å². The Morgan fingerprint density at radius 3 is 1.02 bits per heavy atom. The number of pyridine rings is 5. The van der Waals surface area contributed by atoms with E-state index in [1.807, 2.05) is 150 Å². The second-order valence-corrected chi connectivity index (χ2v) is 41.7. The number of rotatable bonds is 17. The quantitative estimate of drug-likeness (QED) is 0.0291. The lowest BCUT2D eigenvalue weighted by Gasteiger charge is -2.37. The van der Waals surface area contributed by atoms with Crippen molar-refractivity contribution in [3.8, 4) is 0 Å². The van der Waals surface area contributed by atoms with Gasteiger partial charge in [-0.25, -0.2) is 43.2 Å². The Morgan fingerprint density at radius 1 is 0.372 bits per heavy atom. The molecule has 0 unspecified atom stereocenters. The van der Waals surface area contributed by atoms with E-state index in [2.05, 4.69) is 104 Å². The summed E-state index contributed by atoms with van der Waals surface area (Å²) in [6, 6.07) is 37.1. The molecule has 145 heavy (non-hydrogen) atoms. The third-order valence-electron chi connectivity index (χ3n) is 23.5. The van der Waals surface area contributed by atoms with Gasteiger partial charge in [0, 0.05) is 206 Å². The van der Waals surface area contributed by atoms with Crippen LogP contribution in [0.4, 0.5) is 47.6 Å². The molecule has 6 aromatic carbocycles. The van der Waals surface area contributed by atoms with Crippen LogP contribution >= 0.6 is 47.8 Å². The highest BCUT2D eigenvalue weighted by atomic mass is 79.9. The third-order valence-corrected chi connectivity index (χ3v) is 25.3. The lowest BCUT2D eigenvalue weighted by atomic mass is 10.0. The number of piperazine rings is 4. The highest BCUT2D eigenvalue weighted by molar-refractivity contribution is 9.11. The highest BCUT2D eigenvalue weighted by Gasteiger charge is 2.37. The van der Waals surface area contributed by atoms with E-state index in [4.69, 9.17) is 37.9 Å². The summed E-state index contributed by atoms with van der Waals surface area (Å²) in [4.78, 5) is 166. The van der Waals surface area contributed by atoms with Crippen LogP contribution < -0.4 is 19.6 Å². The molecule has 1 N–H and O–H groups in total. The Hall–Kier alpha value is -13.5. The van der Waals surface area contributed by atoms with Crippen LogP contribution in [0, 0.1) is 10.1 Å². The van der Waals surface area contributed by atoms with E-state index >= 15 is 0 Å². The fourth-order valence-corrected chi connectivity index (χ4v) is 17.8. The minimum atomic E-state index is -0.963. The van der Waals surface area contributed by atoms with Gasteiger partial charge >= 0.3 is 54.2 Å². The average Bonchev–Trinajstić information content (AvgIpc) is 1.64. The first kappa shape index (κ1) is 110. The molecule has 6 fully saturated rings. The van der Waals surface area contributed by atoms with E-state index < -0.39 is 33.3 Å². The highest BCUT2D eigenvalue weighted by Crippen LogP contribution is 2.49. The van der Waals surface area contributed by atoms with Crippen molar-refractivity contribution in [2.24, 2.45) is 0 Å². The number of nitro groups is 1. The Kier molecular flexibility index (Phi) is 37.2. The van der Waals surface area contributed by atoms with E-state index in [9.17, 15) is 63.2 Å². The molecule has 9 heterocycles. The first-order valence-electron chi connectivity index (χ1n) is 48.4. The summed E-state index contributed by atoms with van der Waals surface area (Å²) in [6.45, 7) is 41.8. The van der Waals surface area contributed by atoms with Gasteiger partial charge in [-0.15, -0.1) is 0 Å². The molecule has 0 atom stereocenters. The Bertz CT molecular complexity index is 6580. The molecule has 0 spiro atoms. The van der Waals surface area contributed by atoms with Crippen LogP contribution in [0.1, 0.15) is 222 Å². The number of esters is 4. The maximum atomic E-state index is 12.4. The minimum absolute atomic E-state index is 0.0863. The predicted molar refractivity (Wildman–Crippen MR) is 565 cm³/mol. The van der Waals surface area contributed by atoms with Crippen molar-refractivity contribution in [2.45, 2.75) is 171 Å². The Morgan fingerprint density at radius 2 is 0.669 bits per heavy atom. The molecule has 4 amide bonds. The largest absolute Gasteiger partial charge is 0.478 e. The van der Waals surface area contributed by atoms with Crippen molar-refractivity contribution in [3.05, 3.63) is 220 Å². The van der Waals surface area contributed by atoms with E-state index in [1.54, 1.807) is 90.0 Å². The molecule has 17 rings (SSSR count). The molecular formula is C107H125Br3N14O21. The first-order valence-corrected chi connectivity index (χ1v) is 50.8. The summed E-state index contributed by atoms with van der Waals surface area (Å²) in [5.74, 6) is -1.40. The number of nitrogens with zero attached hydrogens (tertiary/aromatic N) is 14. The number of anilines is 4. The maximum Gasteiger partial charge on any atom is 0.410 e. The van der Waals surface area contributed by atoms with Gasteiger partial charge in [0.15, 0.2) is 6.29 Å². The number of aromatic nitrogens is 5. The summed E-state index contributed by atoms with van der Waals surface area (Å²) in [7, 11) is 0. The lowest BCUT2D eigenvalue weighted by molar-refractivity contribution is -0.385. The number of carbonyl (C=O) groups is 10. The molecule has 770 valence electrons. The van der Waals surface area contributed by atoms with Crippen molar-refractivity contribution < 1.29 is 95.9 Å². The Labute approximate surface area is 867 Å². The molecule has 4 saturated heterocycles. The van der Waals surface area contributed by atoms with Gasteiger partial charge in [-0.3, -0.25) is 39.8 Å². The number of ether oxygens (including phenoxy) is 8. The van der Waals surface area contributed by atoms with Gasteiger partial charge in [-0.05, 0) is 249 Å². The summed E-state index contributed by atoms with van der Waals surface area (Å²) >= 11 is 10.1. The summed E-state index contributed by atoms with van der Waals surface area (Å²) in [5.41, 5.74) is 11.2. The molecule has 35 nitrogen and oxygen atoms in total. The van der Waals surface area contributed by atoms with Crippen molar-refractivity contribution >= 4 is 191 Å². The van der Waals surface area contributed by atoms with Crippen molar-refractivity contribution in [2.75, 3.05) is 151 Å². The van der Waals surface area contributed by atoms with Crippen LogP contribution in [0.25, 0.3) is 54.5 Å². The van der Waals surface area contributed by atoms with Crippen molar-refractivity contribution in [1.29, 1.82) is 0 Å². The van der Waals surface area contributed by atoms with Crippen LogP contribution in [-0.2, 0) is 37.9 Å². The second kappa shape index (κ2) is 48.9. The molecule has 2 saturated carbocycles. The number of amides is 4. The fourth-order valence-electron chi connectivity index (χ4n) is 16.4. The second-order valence-electron chi connectivity index (χ2n) is 39.1. The first-order chi connectivity index (χ1) is 68.8. The average molecular weight is 2180 g/mol. The number of benzene rings is 6. The number of aldehydes is 1. The molecule has 4 aliphatic heterocycles. The monoisotopic (exact) mass is 2180 g/mol. The number of hydrogen-bond donors (Lipinski definition) is 1. The number of carboxylic acids is 1. The van der Waals surface area contributed by atoms with E-state index in [0.717, 1.165) is 145 Å². The van der Waals surface area contributed by atoms with Crippen LogP contribution in [0.5, 0.6) is 0 Å². The maximum absolute atomic E-state index is 12.4. The number of nitro benzene ring substituents is 1. The van der Waals surface area contributed by atoms with Crippen LogP contribution in [0.2, 0.25) is 0 Å². The molecule has 0 bridgehead atoms. The Balaban J connectivity index is 0.000000158. The summed E-state index contributed by atoms with van der Waals surface area (Å²) in [5, 5.41) is 24.1. The number of carboxylic acid groups (broad SMARTS) is 1. The normalized spacial score (nSPS) is 14.9. The van der Waals surface area contributed by atoms with Crippen molar-refractivity contribution in [1.82, 2.24) is 44.5 Å².